The lowest BCUT2D eigenvalue weighted by molar-refractivity contribution is 0.446. The fourth-order valence-electron chi connectivity index (χ4n) is 8.21. The molecular formula is C59H63N3O. The standard InChI is InChI=1S/C59H63N3O/c1-37-19-17-22-39(29-37)40-27-28-60-50(33-40)42-30-41(31-44(32-42)57(5,6)7)46-23-18-24-52-53(46)61-55(48-35-45(58(8,9)10)36-49(54(48)63)59(11,12)13)62(52)51-26-25-43(56(2,3)4)34-47(51)38-20-15-14-16-21-38/h14-36,63H,1-13H3/i1D3,17D,19D,22D,29D. The van der Waals surface area contributed by atoms with E-state index in [0.717, 1.165) is 61.2 Å². The van der Waals surface area contributed by atoms with Crippen LogP contribution in [-0.4, -0.2) is 19.6 Å². The van der Waals surface area contributed by atoms with Crippen LogP contribution in [0.15, 0.2) is 140 Å². The lowest BCUT2D eigenvalue weighted by Gasteiger charge is -2.28. The lowest BCUT2D eigenvalue weighted by Crippen LogP contribution is -2.17. The Morgan fingerprint density at radius 1 is 0.556 bits per heavy atom. The number of rotatable bonds is 6. The first kappa shape index (κ1) is 35.2. The van der Waals surface area contributed by atoms with E-state index in [0.29, 0.717) is 22.6 Å². The maximum Gasteiger partial charge on any atom is 0.149 e. The van der Waals surface area contributed by atoms with Crippen molar-refractivity contribution in [3.05, 3.63) is 167 Å². The second kappa shape index (κ2) is 15.8. The van der Waals surface area contributed by atoms with Gasteiger partial charge in [0.25, 0.3) is 0 Å². The van der Waals surface area contributed by atoms with Gasteiger partial charge < -0.3 is 5.11 Å². The summed E-state index contributed by atoms with van der Waals surface area (Å²) in [5.41, 5.74) is 10.9. The summed E-state index contributed by atoms with van der Waals surface area (Å²) >= 11 is 0. The second-order valence-electron chi connectivity index (χ2n) is 20.9. The first-order valence-corrected chi connectivity index (χ1v) is 21.8. The van der Waals surface area contributed by atoms with Crippen LogP contribution in [0.5, 0.6) is 5.75 Å². The predicted octanol–water partition coefficient (Wildman–Crippen LogP) is 16.0. The Balaban J connectivity index is 1.45. The highest BCUT2D eigenvalue weighted by molar-refractivity contribution is 5.98. The van der Waals surface area contributed by atoms with Crippen molar-refractivity contribution in [3.8, 4) is 67.5 Å². The van der Waals surface area contributed by atoms with Gasteiger partial charge in [-0.15, -0.1) is 0 Å². The molecule has 0 saturated carbocycles. The molecule has 0 atom stereocenters. The summed E-state index contributed by atoms with van der Waals surface area (Å²) in [6.45, 7) is 23.2. The minimum Gasteiger partial charge on any atom is -0.507 e. The summed E-state index contributed by atoms with van der Waals surface area (Å²) in [7, 11) is 0. The number of nitrogens with zero attached hydrogens (tertiary/aromatic N) is 3. The van der Waals surface area contributed by atoms with Gasteiger partial charge in [0.1, 0.15) is 11.6 Å². The molecule has 4 nitrogen and oxygen atoms in total. The zero-order valence-electron chi connectivity index (χ0n) is 45.8. The van der Waals surface area contributed by atoms with Crippen molar-refractivity contribution in [2.24, 2.45) is 0 Å². The SMILES string of the molecule is [2H]c1c([2H])c(-c2ccnc(-c3cc(-c4cccc5c4nc(-c4cc(C(C)(C)C)cc(C(C)(C)C)c4O)n5-c4ccc(C(C)(C)C)cc4-c4ccccc4)cc(C(C)(C)C)c3)c2)c([2H])c(C([2H])([2H])[2H])c1[2H]. The monoisotopic (exact) mass is 837 g/mol. The van der Waals surface area contributed by atoms with Gasteiger partial charge in [-0.05, 0) is 116 Å². The Morgan fingerprint density at radius 2 is 1.24 bits per heavy atom. The molecule has 63 heavy (non-hydrogen) atoms. The van der Waals surface area contributed by atoms with E-state index in [9.17, 15) is 5.11 Å². The number of benzene rings is 6. The number of phenols is 1. The van der Waals surface area contributed by atoms with Crippen molar-refractivity contribution in [2.45, 2.75) is 112 Å². The number of pyridine rings is 1. The molecule has 0 fully saturated rings. The average molecular weight is 837 g/mol. The van der Waals surface area contributed by atoms with Crippen LogP contribution in [0.4, 0.5) is 0 Å². The fourth-order valence-corrected chi connectivity index (χ4v) is 8.21. The lowest BCUT2D eigenvalue weighted by atomic mass is 9.79. The number of hydrogen-bond donors (Lipinski definition) is 1. The molecule has 1 N–H and O–H groups in total. The molecular weight excluding hydrogens is 767 g/mol. The van der Waals surface area contributed by atoms with E-state index in [-0.39, 0.29) is 33.6 Å². The van der Waals surface area contributed by atoms with E-state index in [4.69, 9.17) is 19.6 Å². The number of hydrogen-bond acceptors (Lipinski definition) is 3. The molecule has 8 aromatic rings. The van der Waals surface area contributed by atoms with Gasteiger partial charge in [-0.1, -0.05) is 173 Å². The number of fused-ring (bicyclic) bond motifs is 1. The van der Waals surface area contributed by atoms with Gasteiger partial charge in [0.15, 0.2) is 0 Å². The fraction of sp³-hybridized carbons (Fsp3) is 0.288. The van der Waals surface area contributed by atoms with E-state index in [1.54, 1.807) is 18.3 Å². The number of para-hydroxylation sites is 1. The van der Waals surface area contributed by atoms with E-state index in [1.807, 2.05) is 12.1 Å². The van der Waals surface area contributed by atoms with Crippen LogP contribution in [0.1, 0.15) is 120 Å². The van der Waals surface area contributed by atoms with E-state index >= 15 is 0 Å². The zero-order valence-corrected chi connectivity index (χ0v) is 38.8. The summed E-state index contributed by atoms with van der Waals surface area (Å²) < 4.78 is 61.1. The highest BCUT2D eigenvalue weighted by atomic mass is 16.3. The first-order valence-electron chi connectivity index (χ1n) is 25.3. The summed E-state index contributed by atoms with van der Waals surface area (Å²) in [6.07, 6.45) is 1.56. The highest BCUT2D eigenvalue weighted by Gasteiger charge is 2.30. The number of imidazole rings is 1. The summed E-state index contributed by atoms with van der Waals surface area (Å²) in [4.78, 5) is 10.4. The summed E-state index contributed by atoms with van der Waals surface area (Å²) in [6, 6.07) is 35.1. The quantitative estimate of drug-likeness (QED) is 0.181. The third-order valence-corrected chi connectivity index (χ3v) is 12.0. The largest absolute Gasteiger partial charge is 0.507 e. The first-order chi connectivity index (χ1) is 32.5. The molecule has 0 amide bonds. The van der Waals surface area contributed by atoms with Crippen LogP contribution in [0.25, 0.3) is 72.7 Å². The van der Waals surface area contributed by atoms with E-state index in [2.05, 4.69) is 173 Å². The number of aromatic nitrogens is 3. The van der Waals surface area contributed by atoms with Crippen molar-refractivity contribution in [3.63, 3.8) is 0 Å². The molecule has 0 saturated heterocycles. The highest BCUT2D eigenvalue weighted by Crippen LogP contribution is 2.46. The van der Waals surface area contributed by atoms with Crippen LogP contribution in [0.3, 0.4) is 0 Å². The average Bonchev–Trinajstić information content (AvgIpc) is 3.66. The zero-order chi connectivity index (χ0) is 51.2. The van der Waals surface area contributed by atoms with E-state index < -0.39 is 36.0 Å². The summed E-state index contributed by atoms with van der Waals surface area (Å²) in [5.74, 6) is 0.779. The van der Waals surface area contributed by atoms with Gasteiger partial charge in [0.2, 0.25) is 0 Å². The third kappa shape index (κ3) is 8.61. The Kier molecular flexibility index (Phi) is 8.85. The van der Waals surface area contributed by atoms with Crippen LogP contribution in [0, 0.1) is 6.85 Å². The molecule has 0 aliphatic rings. The van der Waals surface area contributed by atoms with Crippen LogP contribution in [-0.2, 0) is 21.7 Å². The normalized spacial score (nSPS) is 14.4. The molecule has 6 aromatic carbocycles. The Bertz CT molecular complexity index is 3340. The number of phenolic OH excluding ortho intramolecular Hbond substituents is 1. The molecule has 0 unspecified atom stereocenters. The molecule has 0 aliphatic carbocycles. The Labute approximate surface area is 385 Å². The van der Waals surface area contributed by atoms with E-state index in [1.165, 1.54) is 5.56 Å². The molecule has 2 heterocycles. The molecule has 2 aromatic heterocycles. The van der Waals surface area contributed by atoms with Gasteiger partial charge in [0.05, 0.1) is 33.5 Å². The van der Waals surface area contributed by atoms with Crippen molar-refractivity contribution in [2.75, 3.05) is 0 Å². The third-order valence-electron chi connectivity index (χ3n) is 12.0. The maximum absolute atomic E-state index is 12.6. The molecule has 320 valence electrons. The molecule has 8 rings (SSSR count). The van der Waals surface area contributed by atoms with Crippen LogP contribution in [0.2, 0.25) is 0 Å². The molecule has 4 heteroatoms. The second-order valence-corrected chi connectivity index (χ2v) is 20.9. The predicted molar refractivity (Wildman–Crippen MR) is 267 cm³/mol. The van der Waals surface area contributed by atoms with Gasteiger partial charge >= 0.3 is 0 Å². The van der Waals surface area contributed by atoms with Crippen LogP contribution < -0.4 is 0 Å². The van der Waals surface area contributed by atoms with Gasteiger partial charge in [0, 0.05) is 32.6 Å². The van der Waals surface area contributed by atoms with Crippen molar-refractivity contribution in [1.29, 1.82) is 0 Å². The minimum absolute atomic E-state index is 0.0374. The molecule has 0 aliphatic heterocycles. The van der Waals surface area contributed by atoms with Crippen LogP contribution >= 0.6 is 0 Å². The topological polar surface area (TPSA) is 50.9 Å². The maximum atomic E-state index is 12.6. The van der Waals surface area contributed by atoms with Gasteiger partial charge in [-0.25, -0.2) is 4.98 Å². The summed E-state index contributed by atoms with van der Waals surface area (Å²) in [5, 5.41) is 12.6. The molecule has 0 spiro atoms. The van der Waals surface area contributed by atoms with Gasteiger partial charge in [-0.3, -0.25) is 9.55 Å². The van der Waals surface area contributed by atoms with Crippen molar-refractivity contribution >= 4 is 11.0 Å². The molecule has 0 radical (unpaired) electrons. The van der Waals surface area contributed by atoms with Gasteiger partial charge in [-0.2, -0.15) is 0 Å². The Morgan fingerprint density at radius 3 is 1.92 bits per heavy atom. The van der Waals surface area contributed by atoms with Crippen molar-refractivity contribution < 1.29 is 14.7 Å². The smallest absolute Gasteiger partial charge is 0.149 e. The van der Waals surface area contributed by atoms with Crippen molar-refractivity contribution in [1.82, 2.24) is 14.5 Å². The number of aromatic hydroxyl groups is 1. The molecule has 0 bridgehead atoms. The Hall–Kier alpha value is -6.26. The minimum atomic E-state index is -2.83.